The molecule has 0 amide bonds. The third-order valence-corrected chi connectivity index (χ3v) is 12.5. The zero-order valence-electron chi connectivity index (χ0n) is 32.7. The molecule has 1 aliphatic rings. The number of anilines is 3. The van der Waals surface area contributed by atoms with E-state index in [1.54, 1.807) is 0 Å². The van der Waals surface area contributed by atoms with E-state index < -0.39 is 0 Å². The second-order valence-electron chi connectivity index (χ2n) is 16.1. The summed E-state index contributed by atoms with van der Waals surface area (Å²) in [6, 6.07) is 78.2. The smallest absolute Gasteiger partial charge is 0.0540 e. The number of rotatable bonds is 6. The van der Waals surface area contributed by atoms with Gasteiger partial charge in [0.15, 0.2) is 0 Å². The topological polar surface area (TPSA) is 3.24 Å². The number of nitrogens with zero attached hydrogens (tertiary/aromatic N) is 1. The van der Waals surface area contributed by atoms with Gasteiger partial charge in [0.2, 0.25) is 0 Å². The van der Waals surface area contributed by atoms with Crippen LogP contribution in [-0.4, -0.2) is 0 Å². The fourth-order valence-electron chi connectivity index (χ4n) is 9.58. The van der Waals surface area contributed by atoms with E-state index in [0.717, 1.165) is 17.1 Å². The average Bonchev–Trinajstić information content (AvgIpc) is 3.51. The van der Waals surface area contributed by atoms with Crippen molar-refractivity contribution in [1.29, 1.82) is 0 Å². The molecule has 274 valence electrons. The van der Waals surface area contributed by atoms with E-state index >= 15 is 0 Å². The van der Waals surface area contributed by atoms with Crippen molar-refractivity contribution in [3.8, 4) is 44.5 Å². The first-order chi connectivity index (χ1) is 28.5. The SMILES string of the molecule is CC1(C)c2ccccc2-c2ccc(-c3ccc(N(c4cccc(-c5cccc6ccccc56)c4)c4ccccc4-c4cc5ccccc5c5ccccc45)cc3)cc21. The fraction of sp³-hybridized carbons (Fsp3) is 0.0526. The van der Waals surface area contributed by atoms with Gasteiger partial charge in [-0.15, -0.1) is 0 Å². The Labute approximate surface area is 340 Å². The van der Waals surface area contributed by atoms with Gasteiger partial charge in [-0.1, -0.05) is 184 Å². The van der Waals surface area contributed by atoms with Crippen molar-refractivity contribution in [2.24, 2.45) is 0 Å². The van der Waals surface area contributed by atoms with Crippen molar-refractivity contribution in [3.63, 3.8) is 0 Å². The lowest BCUT2D eigenvalue weighted by Crippen LogP contribution is -2.14. The van der Waals surface area contributed by atoms with Crippen LogP contribution >= 0.6 is 0 Å². The third kappa shape index (κ3) is 5.46. The zero-order chi connectivity index (χ0) is 38.8. The Morgan fingerprint density at radius 1 is 0.310 bits per heavy atom. The molecular formula is C57H41N. The number of fused-ring (bicyclic) bond motifs is 7. The quantitative estimate of drug-likeness (QED) is 0.154. The molecule has 1 heteroatoms. The van der Waals surface area contributed by atoms with E-state index in [0.29, 0.717) is 0 Å². The van der Waals surface area contributed by atoms with Crippen LogP contribution in [0, 0.1) is 0 Å². The van der Waals surface area contributed by atoms with Gasteiger partial charge < -0.3 is 4.90 Å². The van der Waals surface area contributed by atoms with E-state index in [-0.39, 0.29) is 5.41 Å². The van der Waals surface area contributed by atoms with Gasteiger partial charge in [-0.25, -0.2) is 0 Å². The summed E-state index contributed by atoms with van der Waals surface area (Å²) in [4.78, 5) is 2.44. The molecule has 10 aromatic carbocycles. The van der Waals surface area contributed by atoms with E-state index in [9.17, 15) is 0 Å². The Hall–Kier alpha value is -7.22. The Morgan fingerprint density at radius 3 is 1.76 bits per heavy atom. The van der Waals surface area contributed by atoms with Crippen molar-refractivity contribution in [3.05, 3.63) is 223 Å². The largest absolute Gasteiger partial charge is 0.310 e. The van der Waals surface area contributed by atoms with E-state index in [4.69, 9.17) is 0 Å². The van der Waals surface area contributed by atoms with Gasteiger partial charge in [0.25, 0.3) is 0 Å². The van der Waals surface area contributed by atoms with E-state index in [1.165, 1.54) is 88.0 Å². The molecule has 1 aliphatic carbocycles. The van der Waals surface area contributed by atoms with Gasteiger partial charge in [-0.2, -0.15) is 0 Å². The molecule has 0 aliphatic heterocycles. The Kier molecular flexibility index (Phi) is 7.91. The molecule has 0 radical (unpaired) electrons. The van der Waals surface area contributed by atoms with Gasteiger partial charge in [-0.05, 0) is 125 Å². The van der Waals surface area contributed by atoms with Crippen LogP contribution in [-0.2, 0) is 5.41 Å². The van der Waals surface area contributed by atoms with E-state index in [1.807, 2.05) is 0 Å². The molecule has 0 heterocycles. The summed E-state index contributed by atoms with van der Waals surface area (Å²) < 4.78 is 0. The van der Waals surface area contributed by atoms with Crippen LogP contribution in [0.5, 0.6) is 0 Å². The normalized spacial score (nSPS) is 12.8. The lowest BCUT2D eigenvalue weighted by molar-refractivity contribution is 0.660. The molecule has 0 saturated carbocycles. The fourth-order valence-corrected chi connectivity index (χ4v) is 9.58. The molecule has 0 atom stereocenters. The Balaban J connectivity index is 1.08. The summed E-state index contributed by atoms with van der Waals surface area (Å²) in [6.45, 7) is 4.70. The number of hydrogen-bond donors (Lipinski definition) is 0. The molecule has 1 nitrogen and oxygen atoms in total. The zero-order valence-corrected chi connectivity index (χ0v) is 32.7. The summed E-state index contributed by atoms with van der Waals surface area (Å²) in [5.41, 5.74) is 16.0. The minimum atomic E-state index is -0.0512. The lowest BCUT2D eigenvalue weighted by atomic mass is 9.81. The second-order valence-corrected chi connectivity index (χ2v) is 16.1. The summed E-state index contributed by atoms with van der Waals surface area (Å²) in [6.07, 6.45) is 0. The van der Waals surface area contributed by atoms with Crippen LogP contribution < -0.4 is 4.90 Å². The highest BCUT2D eigenvalue weighted by molar-refractivity contribution is 6.15. The van der Waals surface area contributed by atoms with Crippen LogP contribution in [0.15, 0.2) is 212 Å². The van der Waals surface area contributed by atoms with Crippen molar-refractivity contribution in [1.82, 2.24) is 0 Å². The standard InChI is InChI=1S/C57H41N/c1-57(2)54-27-11-9-24-50(54)51-34-31-40(37-55(51)57)38-29-32-43(33-30-38)58(44-19-13-18-41(35-44)46-26-14-17-39-15-3-5-20-45(39)46)56-28-12-10-25-52(56)53-36-42-16-4-6-21-47(42)48-22-7-8-23-49(48)53/h3-37H,1-2H3. The molecule has 0 N–H and O–H groups in total. The maximum Gasteiger partial charge on any atom is 0.0540 e. The first-order valence-electron chi connectivity index (χ1n) is 20.3. The van der Waals surface area contributed by atoms with Crippen molar-refractivity contribution in [2.75, 3.05) is 4.90 Å². The summed E-state index contributed by atoms with van der Waals surface area (Å²) in [7, 11) is 0. The monoisotopic (exact) mass is 739 g/mol. The Morgan fingerprint density at radius 2 is 0.914 bits per heavy atom. The lowest BCUT2D eigenvalue weighted by Gasteiger charge is -2.29. The van der Waals surface area contributed by atoms with Crippen molar-refractivity contribution >= 4 is 49.4 Å². The highest BCUT2D eigenvalue weighted by Crippen LogP contribution is 2.50. The van der Waals surface area contributed by atoms with E-state index in [2.05, 4.69) is 231 Å². The maximum absolute atomic E-state index is 2.44. The molecule has 0 unspecified atom stereocenters. The number of para-hydroxylation sites is 1. The van der Waals surface area contributed by atoms with Crippen molar-refractivity contribution < 1.29 is 0 Å². The molecule has 0 saturated heterocycles. The predicted octanol–water partition coefficient (Wildman–Crippen LogP) is 15.9. The molecule has 0 spiro atoms. The first kappa shape index (κ1) is 34.1. The molecular weight excluding hydrogens is 699 g/mol. The van der Waals surface area contributed by atoms with Gasteiger partial charge in [-0.3, -0.25) is 0 Å². The number of benzene rings is 10. The van der Waals surface area contributed by atoms with Gasteiger partial charge in [0.05, 0.1) is 5.69 Å². The van der Waals surface area contributed by atoms with Gasteiger partial charge in [0, 0.05) is 22.4 Å². The molecule has 11 rings (SSSR count). The number of hydrogen-bond acceptors (Lipinski definition) is 1. The van der Waals surface area contributed by atoms with Gasteiger partial charge >= 0.3 is 0 Å². The second kappa shape index (κ2) is 13.5. The summed E-state index contributed by atoms with van der Waals surface area (Å²) in [5, 5.41) is 7.51. The Bertz CT molecular complexity index is 3200. The molecule has 0 fully saturated rings. The third-order valence-electron chi connectivity index (χ3n) is 12.5. The minimum Gasteiger partial charge on any atom is -0.310 e. The molecule has 0 bridgehead atoms. The van der Waals surface area contributed by atoms with Crippen molar-refractivity contribution in [2.45, 2.75) is 19.3 Å². The minimum absolute atomic E-state index is 0.0512. The highest BCUT2D eigenvalue weighted by Gasteiger charge is 2.35. The highest BCUT2D eigenvalue weighted by atomic mass is 15.1. The molecule has 0 aromatic heterocycles. The predicted molar refractivity (Wildman–Crippen MR) is 248 cm³/mol. The summed E-state index contributed by atoms with van der Waals surface area (Å²) >= 11 is 0. The molecule has 58 heavy (non-hydrogen) atoms. The maximum atomic E-state index is 2.44. The van der Waals surface area contributed by atoms with Gasteiger partial charge in [0.1, 0.15) is 0 Å². The molecule has 10 aromatic rings. The summed E-state index contributed by atoms with van der Waals surface area (Å²) in [5.74, 6) is 0. The van der Waals surface area contributed by atoms with Crippen LogP contribution in [0.4, 0.5) is 17.1 Å². The first-order valence-corrected chi connectivity index (χ1v) is 20.3. The van der Waals surface area contributed by atoms with Crippen LogP contribution in [0.25, 0.3) is 76.8 Å². The average molecular weight is 740 g/mol. The van der Waals surface area contributed by atoms with Crippen LogP contribution in [0.3, 0.4) is 0 Å². The van der Waals surface area contributed by atoms with Crippen LogP contribution in [0.1, 0.15) is 25.0 Å². The van der Waals surface area contributed by atoms with Crippen LogP contribution in [0.2, 0.25) is 0 Å².